The third kappa shape index (κ3) is 5.80. The zero-order valence-electron chi connectivity index (χ0n) is 10.9. The van der Waals surface area contributed by atoms with E-state index in [0.29, 0.717) is 12.8 Å². The van der Waals surface area contributed by atoms with Gasteiger partial charge in [-0.15, -0.1) is 0 Å². The van der Waals surface area contributed by atoms with Gasteiger partial charge in [0.2, 0.25) is 5.91 Å². The minimum Gasteiger partial charge on any atom is -0.394 e. The van der Waals surface area contributed by atoms with Crippen molar-refractivity contribution in [1.82, 2.24) is 10.6 Å². The van der Waals surface area contributed by atoms with Crippen molar-refractivity contribution in [2.45, 2.75) is 25.3 Å². The molecule has 0 bridgehead atoms. The van der Waals surface area contributed by atoms with E-state index in [1.54, 1.807) is 0 Å². The van der Waals surface area contributed by atoms with Crippen LogP contribution in [0.3, 0.4) is 0 Å². The van der Waals surface area contributed by atoms with Crippen LogP contribution in [0.15, 0.2) is 30.3 Å². The van der Waals surface area contributed by atoms with E-state index in [2.05, 4.69) is 10.6 Å². The van der Waals surface area contributed by atoms with Gasteiger partial charge in [0.05, 0.1) is 12.6 Å². The van der Waals surface area contributed by atoms with Crippen molar-refractivity contribution in [2.75, 3.05) is 20.2 Å². The van der Waals surface area contributed by atoms with Gasteiger partial charge in [-0.3, -0.25) is 4.79 Å². The predicted molar refractivity (Wildman–Crippen MR) is 72.3 cm³/mol. The zero-order chi connectivity index (χ0) is 13.2. The number of nitrogens with one attached hydrogen (secondary N) is 2. The Morgan fingerprint density at radius 1 is 1.33 bits per heavy atom. The van der Waals surface area contributed by atoms with Crippen molar-refractivity contribution >= 4 is 5.91 Å². The first-order chi connectivity index (χ1) is 8.76. The van der Waals surface area contributed by atoms with Crippen LogP contribution in [0.1, 0.15) is 18.4 Å². The summed E-state index contributed by atoms with van der Waals surface area (Å²) in [6, 6.07) is 9.66. The molecule has 0 spiro atoms. The highest BCUT2D eigenvalue weighted by atomic mass is 16.3. The molecule has 18 heavy (non-hydrogen) atoms. The minimum absolute atomic E-state index is 0.000214. The Balaban J connectivity index is 2.35. The molecule has 0 heterocycles. The molecule has 3 N–H and O–H groups in total. The number of aliphatic hydroxyl groups is 1. The van der Waals surface area contributed by atoms with E-state index in [1.807, 2.05) is 37.4 Å². The summed E-state index contributed by atoms with van der Waals surface area (Å²) in [5, 5.41) is 15.1. The number of benzene rings is 1. The molecule has 1 aromatic carbocycles. The average molecular weight is 250 g/mol. The molecule has 0 radical (unpaired) electrons. The van der Waals surface area contributed by atoms with Gasteiger partial charge in [0.15, 0.2) is 0 Å². The molecule has 0 fully saturated rings. The first kappa shape index (κ1) is 14.7. The summed E-state index contributed by atoms with van der Waals surface area (Å²) in [5.41, 5.74) is 1.12. The van der Waals surface area contributed by atoms with Gasteiger partial charge in [-0.2, -0.15) is 0 Å². The van der Waals surface area contributed by atoms with Crippen LogP contribution >= 0.6 is 0 Å². The largest absolute Gasteiger partial charge is 0.394 e. The van der Waals surface area contributed by atoms with E-state index in [4.69, 9.17) is 0 Å². The summed E-state index contributed by atoms with van der Waals surface area (Å²) in [5.74, 6) is 0.000214. The highest BCUT2D eigenvalue weighted by molar-refractivity contribution is 5.76. The van der Waals surface area contributed by atoms with Crippen molar-refractivity contribution in [3.8, 4) is 0 Å². The second kappa shape index (κ2) is 8.66. The predicted octanol–water partition coefficient (Wildman–Crippen LogP) is 0.706. The first-order valence-corrected chi connectivity index (χ1v) is 6.35. The summed E-state index contributed by atoms with van der Waals surface area (Å²) in [6.07, 6.45) is 1.97. The Bertz CT molecular complexity index is 341. The normalized spacial score (nSPS) is 12.1. The van der Waals surface area contributed by atoms with Crippen LogP contribution in [0.2, 0.25) is 0 Å². The molecule has 1 rings (SSSR count). The van der Waals surface area contributed by atoms with Gasteiger partial charge >= 0.3 is 0 Å². The lowest BCUT2D eigenvalue weighted by molar-refractivity contribution is -0.122. The summed E-state index contributed by atoms with van der Waals surface area (Å²) in [7, 11) is 1.86. The number of rotatable bonds is 8. The zero-order valence-corrected chi connectivity index (χ0v) is 10.9. The maximum atomic E-state index is 11.6. The Kier molecular flexibility index (Phi) is 7.06. The summed E-state index contributed by atoms with van der Waals surface area (Å²) < 4.78 is 0. The standard InChI is InChI=1S/C14H22N2O2/c1-15-9-5-8-14(18)16-13(11-17)10-12-6-3-2-4-7-12/h2-4,6-7,13,15,17H,5,8-11H2,1H3,(H,16,18)/t13-/m1/s1. The molecule has 0 saturated carbocycles. The Morgan fingerprint density at radius 3 is 2.67 bits per heavy atom. The number of amides is 1. The van der Waals surface area contributed by atoms with E-state index >= 15 is 0 Å². The summed E-state index contributed by atoms with van der Waals surface area (Å²) in [4.78, 5) is 11.6. The SMILES string of the molecule is CNCCCC(=O)N[C@@H](CO)Cc1ccccc1. The number of hydrogen-bond acceptors (Lipinski definition) is 3. The van der Waals surface area contributed by atoms with Crippen molar-refractivity contribution < 1.29 is 9.90 Å². The maximum absolute atomic E-state index is 11.6. The van der Waals surface area contributed by atoms with Gasteiger partial charge in [-0.05, 0) is 32.0 Å². The minimum atomic E-state index is -0.200. The summed E-state index contributed by atoms with van der Waals surface area (Å²) >= 11 is 0. The smallest absolute Gasteiger partial charge is 0.220 e. The van der Waals surface area contributed by atoms with Gasteiger partial charge < -0.3 is 15.7 Å². The van der Waals surface area contributed by atoms with Gasteiger partial charge in [0.1, 0.15) is 0 Å². The van der Waals surface area contributed by atoms with E-state index in [-0.39, 0.29) is 18.6 Å². The van der Waals surface area contributed by atoms with Crippen LogP contribution in [0.4, 0.5) is 0 Å². The quantitative estimate of drug-likeness (QED) is 0.595. The van der Waals surface area contributed by atoms with Crippen LogP contribution in [-0.4, -0.2) is 37.3 Å². The Hall–Kier alpha value is -1.39. The molecule has 1 aromatic rings. The first-order valence-electron chi connectivity index (χ1n) is 6.35. The number of carbonyl (C=O) groups excluding carboxylic acids is 1. The van der Waals surface area contributed by atoms with Gasteiger partial charge in [-0.25, -0.2) is 0 Å². The fourth-order valence-corrected chi connectivity index (χ4v) is 1.79. The lowest BCUT2D eigenvalue weighted by Crippen LogP contribution is -2.39. The molecule has 100 valence electrons. The Labute approximate surface area is 108 Å². The molecule has 0 aliphatic carbocycles. The van der Waals surface area contributed by atoms with Crippen LogP contribution < -0.4 is 10.6 Å². The third-order valence-electron chi connectivity index (χ3n) is 2.74. The molecule has 4 heteroatoms. The molecule has 0 saturated heterocycles. The lowest BCUT2D eigenvalue weighted by Gasteiger charge is -2.16. The van der Waals surface area contributed by atoms with Crippen molar-refractivity contribution in [1.29, 1.82) is 0 Å². The number of aliphatic hydroxyl groups excluding tert-OH is 1. The topological polar surface area (TPSA) is 61.4 Å². The second-order valence-corrected chi connectivity index (χ2v) is 4.34. The second-order valence-electron chi connectivity index (χ2n) is 4.34. The molecule has 0 aromatic heterocycles. The molecule has 1 atom stereocenters. The monoisotopic (exact) mass is 250 g/mol. The number of hydrogen-bond donors (Lipinski definition) is 3. The van der Waals surface area contributed by atoms with Gasteiger partial charge in [-0.1, -0.05) is 30.3 Å². The number of carbonyl (C=O) groups is 1. The highest BCUT2D eigenvalue weighted by Crippen LogP contribution is 2.03. The van der Waals surface area contributed by atoms with E-state index in [9.17, 15) is 9.90 Å². The lowest BCUT2D eigenvalue weighted by atomic mass is 10.1. The van der Waals surface area contributed by atoms with Crippen LogP contribution in [-0.2, 0) is 11.2 Å². The molecular weight excluding hydrogens is 228 g/mol. The molecule has 1 amide bonds. The van der Waals surface area contributed by atoms with Gasteiger partial charge in [0.25, 0.3) is 0 Å². The van der Waals surface area contributed by atoms with Crippen LogP contribution in [0.25, 0.3) is 0 Å². The third-order valence-corrected chi connectivity index (χ3v) is 2.74. The molecular formula is C14H22N2O2. The van der Waals surface area contributed by atoms with Gasteiger partial charge in [0, 0.05) is 6.42 Å². The molecule has 4 nitrogen and oxygen atoms in total. The van der Waals surface area contributed by atoms with Crippen molar-refractivity contribution in [3.05, 3.63) is 35.9 Å². The highest BCUT2D eigenvalue weighted by Gasteiger charge is 2.11. The van der Waals surface area contributed by atoms with Crippen molar-refractivity contribution in [3.63, 3.8) is 0 Å². The average Bonchev–Trinajstić information content (AvgIpc) is 2.39. The molecule has 0 unspecified atom stereocenters. The molecule has 0 aliphatic rings. The van der Waals surface area contributed by atoms with Crippen LogP contribution in [0, 0.1) is 0 Å². The van der Waals surface area contributed by atoms with E-state index in [0.717, 1.165) is 18.5 Å². The Morgan fingerprint density at radius 2 is 2.06 bits per heavy atom. The van der Waals surface area contributed by atoms with Crippen LogP contribution in [0.5, 0.6) is 0 Å². The van der Waals surface area contributed by atoms with E-state index < -0.39 is 0 Å². The van der Waals surface area contributed by atoms with Crippen molar-refractivity contribution in [2.24, 2.45) is 0 Å². The van der Waals surface area contributed by atoms with E-state index in [1.165, 1.54) is 0 Å². The fraction of sp³-hybridized carbons (Fsp3) is 0.500. The maximum Gasteiger partial charge on any atom is 0.220 e. The molecule has 0 aliphatic heterocycles. The summed E-state index contributed by atoms with van der Waals surface area (Å²) in [6.45, 7) is 0.794. The fourth-order valence-electron chi connectivity index (χ4n) is 1.79.